The molecule has 0 spiro atoms. The van der Waals surface area contributed by atoms with Crippen molar-refractivity contribution in [3.8, 4) is 0 Å². The predicted molar refractivity (Wildman–Crippen MR) is 65.6 cm³/mol. The van der Waals surface area contributed by atoms with Crippen molar-refractivity contribution in [1.29, 1.82) is 0 Å². The summed E-state index contributed by atoms with van der Waals surface area (Å²) in [5.41, 5.74) is 2.57. The Morgan fingerprint density at radius 2 is 2.00 bits per heavy atom. The van der Waals surface area contributed by atoms with Gasteiger partial charge in [-0.15, -0.1) is 11.6 Å². The molecular formula is C12H21ClN2. The smallest absolute Gasteiger partial charge is 0.0624 e. The number of hydrogen-bond donors (Lipinski definition) is 0. The Labute approximate surface area is 97.6 Å². The average molecular weight is 229 g/mol. The van der Waals surface area contributed by atoms with E-state index in [0.717, 1.165) is 31.7 Å². The standard InChI is InChI=1S/C12H21ClN2/c1-3-11-10-12(4-2)15(14-11)9-7-5-6-8-13/h10H,3-9H2,1-2H3. The van der Waals surface area contributed by atoms with Crippen molar-refractivity contribution >= 4 is 11.6 Å². The van der Waals surface area contributed by atoms with E-state index in [1.807, 2.05) is 0 Å². The minimum atomic E-state index is 0.778. The largest absolute Gasteiger partial charge is 0.269 e. The summed E-state index contributed by atoms with van der Waals surface area (Å²) < 4.78 is 2.16. The van der Waals surface area contributed by atoms with Crippen molar-refractivity contribution in [1.82, 2.24) is 9.78 Å². The van der Waals surface area contributed by atoms with Gasteiger partial charge in [0, 0.05) is 18.1 Å². The van der Waals surface area contributed by atoms with E-state index in [0.29, 0.717) is 0 Å². The molecule has 0 aliphatic carbocycles. The summed E-state index contributed by atoms with van der Waals surface area (Å²) in [4.78, 5) is 0. The fraction of sp³-hybridized carbons (Fsp3) is 0.750. The molecule has 0 fully saturated rings. The normalized spacial score (nSPS) is 10.9. The first-order valence-electron chi connectivity index (χ1n) is 5.93. The number of rotatable bonds is 7. The second-order valence-corrected chi connectivity index (χ2v) is 4.18. The van der Waals surface area contributed by atoms with Crippen molar-refractivity contribution in [2.45, 2.75) is 52.5 Å². The first kappa shape index (κ1) is 12.6. The van der Waals surface area contributed by atoms with Crippen LogP contribution in [0.25, 0.3) is 0 Å². The van der Waals surface area contributed by atoms with Crippen LogP contribution in [0.5, 0.6) is 0 Å². The number of alkyl halides is 1. The topological polar surface area (TPSA) is 17.8 Å². The summed E-state index contributed by atoms with van der Waals surface area (Å²) >= 11 is 5.65. The zero-order valence-corrected chi connectivity index (χ0v) is 10.6. The molecule has 1 aromatic heterocycles. The quantitative estimate of drug-likeness (QED) is 0.517. The van der Waals surface area contributed by atoms with Crippen LogP contribution in [0.1, 0.15) is 44.5 Å². The van der Waals surface area contributed by atoms with Gasteiger partial charge in [0.25, 0.3) is 0 Å². The lowest BCUT2D eigenvalue weighted by Gasteiger charge is -2.04. The second kappa shape index (κ2) is 6.89. The molecule has 0 radical (unpaired) electrons. The number of hydrogen-bond acceptors (Lipinski definition) is 1. The monoisotopic (exact) mass is 228 g/mol. The maximum atomic E-state index is 5.65. The van der Waals surface area contributed by atoms with Gasteiger partial charge in [0.15, 0.2) is 0 Å². The summed E-state index contributed by atoms with van der Waals surface area (Å²) in [6.07, 6.45) is 5.60. The van der Waals surface area contributed by atoms with E-state index in [2.05, 4.69) is 29.7 Å². The van der Waals surface area contributed by atoms with E-state index in [9.17, 15) is 0 Å². The highest BCUT2D eigenvalue weighted by Gasteiger charge is 2.04. The molecule has 0 aliphatic rings. The van der Waals surface area contributed by atoms with E-state index >= 15 is 0 Å². The van der Waals surface area contributed by atoms with Crippen molar-refractivity contribution < 1.29 is 0 Å². The lowest BCUT2D eigenvalue weighted by atomic mass is 10.2. The second-order valence-electron chi connectivity index (χ2n) is 3.81. The molecule has 0 N–H and O–H groups in total. The van der Waals surface area contributed by atoms with Gasteiger partial charge in [-0.2, -0.15) is 5.10 Å². The van der Waals surface area contributed by atoms with Crippen molar-refractivity contribution in [3.05, 3.63) is 17.5 Å². The summed E-state index contributed by atoms with van der Waals surface area (Å²) in [5.74, 6) is 0.778. The highest BCUT2D eigenvalue weighted by Crippen LogP contribution is 2.08. The Bertz CT molecular complexity index is 281. The molecule has 15 heavy (non-hydrogen) atoms. The van der Waals surface area contributed by atoms with Gasteiger partial charge in [-0.25, -0.2) is 0 Å². The third-order valence-electron chi connectivity index (χ3n) is 2.64. The Hall–Kier alpha value is -0.500. The van der Waals surface area contributed by atoms with Crippen LogP contribution in [0, 0.1) is 0 Å². The van der Waals surface area contributed by atoms with E-state index in [1.54, 1.807) is 0 Å². The molecule has 86 valence electrons. The van der Waals surface area contributed by atoms with E-state index in [4.69, 9.17) is 11.6 Å². The molecule has 1 rings (SSSR count). The van der Waals surface area contributed by atoms with Gasteiger partial charge in [-0.3, -0.25) is 4.68 Å². The minimum Gasteiger partial charge on any atom is -0.269 e. The van der Waals surface area contributed by atoms with Gasteiger partial charge in [0.05, 0.1) is 5.69 Å². The Morgan fingerprint density at radius 3 is 2.60 bits per heavy atom. The van der Waals surface area contributed by atoms with Crippen LogP contribution in [-0.4, -0.2) is 15.7 Å². The first-order chi connectivity index (χ1) is 7.31. The highest BCUT2D eigenvalue weighted by molar-refractivity contribution is 6.17. The lowest BCUT2D eigenvalue weighted by molar-refractivity contribution is 0.532. The molecule has 1 aromatic rings. The summed E-state index contributed by atoms with van der Waals surface area (Å²) in [5, 5.41) is 4.58. The molecule has 0 unspecified atom stereocenters. The molecule has 0 atom stereocenters. The third kappa shape index (κ3) is 3.86. The number of unbranched alkanes of at least 4 members (excludes halogenated alkanes) is 2. The Morgan fingerprint density at radius 1 is 1.20 bits per heavy atom. The zero-order valence-electron chi connectivity index (χ0n) is 9.80. The van der Waals surface area contributed by atoms with Gasteiger partial charge in [-0.05, 0) is 31.7 Å². The third-order valence-corrected chi connectivity index (χ3v) is 2.91. The van der Waals surface area contributed by atoms with Crippen LogP contribution in [0.3, 0.4) is 0 Å². The number of nitrogens with zero attached hydrogens (tertiary/aromatic N) is 2. The molecule has 0 bridgehead atoms. The molecular weight excluding hydrogens is 208 g/mol. The van der Waals surface area contributed by atoms with E-state index in [1.165, 1.54) is 24.2 Å². The van der Waals surface area contributed by atoms with Crippen LogP contribution in [0.15, 0.2) is 6.07 Å². The molecule has 0 saturated carbocycles. The van der Waals surface area contributed by atoms with E-state index < -0.39 is 0 Å². The highest BCUT2D eigenvalue weighted by atomic mass is 35.5. The van der Waals surface area contributed by atoms with Crippen LogP contribution < -0.4 is 0 Å². The van der Waals surface area contributed by atoms with Gasteiger partial charge in [0.1, 0.15) is 0 Å². The molecule has 3 heteroatoms. The van der Waals surface area contributed by atoms with Crippen LogP contribution in [0.4, 0.5) is 0 Å². The van der Waals surface area contributed by atoms with Gasteiger partial charge in [-0.1, -0.05) is 20.3 Å². The molecule has 0 aromatic carbocycles. The Kier molecular flexibility index (Phi) is 5.77. The van der Waals surface area contributed by atoms with Crippen molar-refractivity contribution in [3.63, 3.8) is 0 Å². The number of aromatic nitrogens is 2. The summed E-state index contributed by atoms with van der Waals surface area (Å²) in [7, 11) is 0. The van der Waals surface area contributed by atoms with Crippen molar-refractivity contribution in [2.24, 2.45) is 0 Å². The Balaban J connectivity index is 2.47. The van der Waals surface area contributed by atoms with Gasteiger partial charge < -0.3 is 0 Å². The average Bonchev–Trinajstić information content (AvgIpc) is 2.67. The maximum Gasteiger partial charge on any atom is 0.0624 e. The predicted octanol–water partition coefficient (Wildman–Crippen LogP) is 3.42. The van der Waals surface area contributed by atoms with Crippen LogP contribution >= 0.6 is 11.6 Å². The molecule has 2 nitrogen and oxygen atoms in total. The summed E-state index contributed by atoms with van der Waals surface area (Å²) in [6.45, 7) is 5.38. The number of aryl methyl sites for hydroxylation is 3. The zero-order chi connectivity index (χ0) is 11.1. The van der Waals surface area contributed by atoms with Crippen molar-refractivity contribution in [2.75, 3.05) is 5.88 Å². The number of halogens is 1. The van der Waals surface area contributed by atoms with Gasteiger partial charge >= 0.3 is 0 Å². The SMILES string of the molecule is CCc1cc(CC)n(CCCCCCl)n1. The fourth-order valence-electron chi connectivity index (χ4n) is 1.70. The molecule has 0 saturated heterocycles. The van der Waals surface area contributed by atoms with Gasteiger partial charge in [0.2, 0.25) is 0 Å². The summed E-state index contributed by atoms with van der Waals surface area (Å²) in [6, 6.07) is 2.22. The minimum absolute atomic E-state index is 0.778. The van der Waals surface area contributed by atoms with Crippen LogP contribution in [0.2, 0.25) is 0 Å². The lowest BCUT2D eigenvalue weighted by Crippen LogP contribution is -2.04. The van der Waals surface area contributed by atoms with E-state index in [-0.39, 0.29) is 0 Å². The molecule has 0 amide bonds. The van der Waals surface area contributed by atoms with Crippen LogP contribution in [-0.2, 0) is 19.4 Å². The first-order valence-corrected chi connectivity index (χ1v) is 6.46. The molecule has 1 heterocycles. The fourth-order valence-corrected chi connectivity index (χ4v) is 1.89. The molecule has 0 aliphatic heterocycles. The maximum absolute atomic E-state index is 5.65.